The largest absolute Gasteiger partial charge is 0.490 e. The Bertz CT molecular complexity index is 1750. The summed E-state index contributed by atoms with van der Waals surface area (Å²) in [4.78, 5) is 43.9. The number of nitrogens with zero attached hydrogens (tertiary/aromatic N) is 2. The molecule has 1 aliphatic heterocycles. The van der Waals surface area contributed by atoms with Crippen molar-refractivity contribution in [2.75, 3.05) is 26.4 Å². The highest BCUT2D eigenvalue weighted by molar-refractivity contribution is 7.07. The van der Waals surface area contributed by atoms with Crippen LogP contribution in [0.1, 0.15) is 51.8 Å². The van der Waals surface area contributed by atoms with Crippen LogP contribution in [0.5, 0.6) is 23.0 Å². The van der Waals surface area contributed by atoms with Crippen molar-refractivity contribution >= 4 is 29.4 Å². The summed E-state index contributed by atoms with van der Waals surface area (Å²) in [6.45, 7) is 13.3. The molecule has 0 unspecified atom stereocenters. The van der Waals surface area contributed by atoms with E-state index < -0.39 is 18.0 Å². The molecule has 1 atom stereocenters. The van der Waals surface area contributed by atoms with Gasteiger partial charge in [-0.1, -0.05) is 36.1 Å². The highest BCUT2D eigenvalue weighted by Gasteiger charge is 2.34. The molecule has 0 radical (unpaired) electrons. The van der Waals surface area contributed by atoms with Gasteiger partial charge in [0.2, 0.25) is 0 Å². The molecule has 0 spiro atoms. The Hall–Kier alpha value is -4.64. The van der Waals surface area contributed by atoms with Crippen molar-refractivity contribution in [2.45, 2.75) is 40.7 Å². The highest BCUT2D eigenvalue weighted by Crippen LogP contribution is 2.36. The molecule has 0 N–H and O–H groups in total. The van der Waals surface area contributed by atoms with Crippen LogP contribution in [-0.2, 0) is 14.3 Å². The predicted octanol–water partition coefficient (Wildman–Crippen LogP) is 4.09. The lowest BCUT2D eigenvalue weighted by molar-refractivity contribution is -0.139. The Balaban J connectivity index is 1.90. The Morgan fingerprint density at radius 2 is 1.67 bits per heavy atom. The van der Waals surface area contributed by atoms with Crippen LogP contribution >= 0.6 is 11.3 Å². The second-order valence-electron chi connectivity index (χ2n) is 9.27. The number of allylic oxidation sites excluding steroid dienone is 1. The molecule has 1 aromatic heterocycles. The smallest absolute Gasteiger partial charge is 0.338 e. The molecule has 226 valence electrons. The molecule has 2 aromatic carbocycles. The first-order valence-corrected chi connectivity index (χ1v) is 14.7. The van der Waals surface area contributed by atoms with Crippen molar-refractivity contribution in [3.63, 3.8) is 0 Å². The lowest BCUT2D eigenvalue weighted by atomic mass is 9.95. The molecule has 2 heterocycles. The van der Waals surface area contributed by atoms with E-state index in [4.69, 9.17) is 23.7 Å². The third-order valence-electron chi connectivity index (χ3n) is 6.28. The van der Waals surface area contributed by atoms with Gasteiger partial charge in [-0.2, -0.15) is 0 Å². The molecule has 4 rings (SSSR count). The van der Waals surface area contributed by atoms with Gasteiger partial charge < -0.3 is 23.7 Å². The molecule has 0 saturated heterocycles. The topological polar surface area (TPSA) is 115 Å². The quantitative estimate of drug-likeness (QED) is 0.172. The normalized spacial score (nSPS) is 14.4. The number of thiazole rings is 1. The van der Waals surface area contributed by atoms with E-state index in [0.29, 0.717) is 56.6 Å². The van der Waals surface area contributed by atoms with Crippen molar-refractivity contribution in [1.82, 2.24) is 4.57 Å². The van der Waals surface area contributed by atoms with Gasteiger partial charge in [-0.3, -0.25) is 14.2 Å². The maximum absolute atomic E-state index is 14.0. The van der Waals surface area contributed by atoms with E-state index in [1.54, 1.807) is 62.4 Å². The number of ether oxygens (including phenoxy) is 5. The van der Waals surface area contributed by atoms with Crippen LogP contribution in [0.4, 0.5) is 0 Å². The molecule has 0 saturated carbocycles. The van der Waals surface area contributed by atoms with E-state index in [1.165, 1.54) is 22.8 Å². The molecule has 0 aliphatic carbocycles. The number of hydrogen-bond donors (Lipinski definition) is 0. The summed E-state index contributed by atoms with van der Waals surface area (Å²) in [6, 6.07) is 9.53. The third-order valence-corrected chi connectivity index (χ3v) is 7.26. The van der Waals surface area contributed by atoms with Gasteiger partial charge in [-0.05, 0) is 69.2 Å². The highest BCUT2D eigenvalue weighted by atomic mass is 32.1. The van der Waals surface area contributed by atoms with E-state index in [1.807, 2.05) is 13.8 Å². The first-order chi connectivity index (χ1) is 20.7. The third kappa shape index (κ3) is 6.89. The lowest BCUT2D eigenvalue weighted by Gasteiger charge is -2.25. The zero-order valence-corrected chi connectivity index (χ0v) is 25.6. The van der Waals surface area contributed by atoms with Crippen LogP contribution in [0.25, 0.3) is 6.08 Å². The fraction of sp³-hybridized carbons (Fsp3) is 0.312. The van der Waals surface area contributed by atoms with Gasteiger partial charge in [-0.25, -0.2) is 9.79 Å². The van der Waals surface area contributed by atoms with Crippen molar-refractivity contribution < 1.29 is 33.3 Å². The van der Waals surface area contributed by atoms with E-state index in [2.05, 4.69) is 11.6 Å². The maximum Gasteiger partial charge on any atom is 0.338 e. The van der Waals surface area contributed by atoms with Gasteiger partial charge in [-0.15, -0.1) is 0 Å². The number of carbonyl (C=O) groups is 2. The number of rotatable bonds is 12. The second kappa shape index (κ2) is 14.0. The van der Waals surface area contributed by atoms with Gasteiger partial charge in [0.1, 0.15) is 6.61 Å². The molecule has 0 bridgehead atoms. The SMILES string of the molecule is C=CCOc1ccc([C@@H]2C(C(=O)OCC)=C(C)N=c3sc(=Cc4ccc(OC(C)=O)c(OCC)c4)c(=O)n32)cc1OCC. The summed E-state index contributed by atoms with van der Waals surface area (Å²) in [6.07, 6.45) is 3.34. The first-order valence-electron chi connectivity index (χ1n) is 13.9. The fourth-order valence-corrected chi connectivity index (χ4v) is 5.66. The minimum Gasteiger partial charge on any atom is -0.490 e. The van der Waals surface area contributed by atoms with Gasteiger partial charge in [0.15, 0.2) is 27.8 Å². The summed E-state index contributed by atoms with van der Waals surface area (Å²) >= 11 is 1.20. The van der Waals surface area contributed by atoms with Crippen LogP contribution in [0, 0.1) is 0 Å². The molecular weight excluding hydrogens is 572 g/mol. The standard InChI is InChI=1S/C32H34N2O8S/c1-7-15-41-23-14-12-22(18-26(23)39-9-3)29-28(31(37)40-10-4)19(5)33-32-34(29)30(36)27(43-32)17-21-11-13-24(42-20(6)35)25(16-21)38-8-2/h7,11-14,16-18,29H,1,8-10,15H2,2-6H3/t29-/m1/s1. The molecule has 11 heteroatoms. The number of hydrogen-bond acceptors (Lipinski definition) is 10. The Morgan fingerprint density at radius 3 is 2.33 bits per heavy atom. The van der Waals surface area contributed by atoms with E-state index >= 15 is 0 Å². The average molecular weight is 607 g/mol. The summed E-state index contributed by atoms with van der Waals surface area (Å²) < 4.78 is 29.8. The molecule has 3 aromatic rings. The monoisotopic (exact) mass is 606 g/mol. The molecule has 43 heavy (non-hydrogen) atoms. The van der Waals surface area contributed by atoms with E-state index in [0.717, 1.165) is 0 Å². The minimum atomic E-state index is -0.824. The van der Waals surface area contributed by atoms with Crippen LogP contribution in [-0.4, -0.2) is 42.9 Å². The second-order valence-corrected chi connectivity index (χ2v) is 10.3. The molecule has 0 amide bonds. The Labute approximate surface area is 253 Å². The molecule has 0 fully saturated rings. The van der Waals surface area contributed by atoms with Gasteiger partial charge in [0.25, 0.3) is 5.56 Å². The number of esters is 2. The fourth-order valence-electron chi connectivity index (χ4n) is 4.61. The van der Waals surface area contributed by atoms with E-state index in [-0.39, 0.29) is 30.1 Å². The van der Waals surface area contributed by atoms with Gasteiger partial charge in [0, 0.05) is 6.92 Å². The maximum atomic E-state index is 14.0. The Morgan fingerprint density at radius 1 is 0.977 bits per heavy atom. The Kier molecular flexibility index (Phi) is 10.2. The summed E-state index contributed by atoms with van der Waals surface area (Å²) in [5.74, 6) is 0.614. The summed E-state index contributed by atoms with van der Waals surface area (Å²) in [7, 11) is 0. The van der Waals surface area contributed by atoms with Crippen molar-refractivity contribution in [3.8, 4) is 23.0 Å². The van der Waals surface area contributed by atoms with E-state index in [9.17, 15) is 14.4 Å². The predicted molar refractivity (Wildman–Crippen MR) is 163 cm³/mol. The molecular formula is C32H34N2O8S. The first kappa shape index (κ1) is 31.3. The number of carbonyl (C=O) groups excluding carboxylic acids is 2. The number of benzene rings is 2. The van der Waals surface area contributed by atoms with Crippen LogP contribution in [0.3, 0.4) is 0 Å². The summed E-state index contributed by atoms with van der Waals surface area (Å²) in [5.41, 5.74) is 1.65. The van der Waals surface area contributed by atoms with Crippen LogP contribution in [0.15, 0.2) is 70.1 Å². The van der Waals surface area contributed by atoms with Crippen molar-refractivity contribution in [2.24, 2.45) is 4.99 Å². The van der Waals surface area contributed by atoms with Crippen LogP contribution < -0.4 is 33.8 Å². The number of aromatic nitrogens is 1. The van der Waals surface area contributed by atoms with Crippen molar-refractivity contribution in [1.29, 1.82) is 0 Å². The minimum absolute atomic E-state index is 0.163. The van der Waals surface area contributed by atoms with Gasteiger partial charge in [0.05, 0.1) is 41.7 Å². The van der Waals surface area contributed by atoms with Crippen LogP contribution in [0.2, 0.25) is 0 Å². The zero-order chi connectivity index (χ0) is 31.1. The molecule has 10 nitrogen and oxygen atoms in total. The number of fused-ring (bicyclic) bond motifs is 1. The molecule has 1 aliphatic rings. The van der Waals surface area contributed by atoms with Gasteiger partial charge >= 0.3 is 11.9 Å². The average Bonchev–Trinajstić information content (AvgIpc) is 3.27. The zero-order valence-electron chi connectivity index (χ0n) is 24.8. The van der Waals surface area contributed by atoms with Crippen molar-refractivity contribution in [3.05, 3.63) is 91.1 Å². The summed E-state index contributed by atoms with van der Waals surface area (Å²) in [5, 5.41) is 0. The lowest BCUT2D eigenvalue weighted by Crippen LogP contribution is -2.40.